The first-order chi connectivity index (χ1) is 8.65. The zero-order valence-corrected chi connectivity index (χ0v) is 10.2. The molecule has 1 aromatic carbocycles. The van der Waals surface area contributed by atoms with Gasteiger partial charge in [-0.05, 0) is 18.2 Å². The molecule has 92 valence electrons. The lowest BCUT2D eigenvalue weighted by atomic mass is 10.1. The Kier molecular flexibility index (Phi) is 2.52. The lowest BCUT2D eigenvalue weighted by molar-refractivity contribution is -0.141. The molecule has 6 heteroatoms. The minimum absolute atomic E-state index is 0.0738. The number of rotatable bonds is 2. The second kappa shape index (κ2) is 4.06. The summed E-state index contributed by atoms with van der Waals surface area (Å²) in [7, 11) is 0. The van der Waals surface area contributed by atoms with Crippen molar-refractivity contribution in [3.05, 3.63) is 23.7 Å². The average Bonchev–Trinajstić information content (AvgIpc) is 2.93. The normalized spacial score (nSPS) is 19.7. The molecule has 0 aliphatic carbocycles. The van der Waals surface area contributed by atoms with E-state index >= 15 is 0 Å². The van der Waals surface area contributed by atoms with Gasteiger partial charge in [-0.15, -0.1) is 11.3 Å². The molecule has 0 saturated carbocycles. The van der Waals surface area contributed by atoms with E-state index < -0.39 is 11.9 Å². The molecule has 2 heterocycles. The van der Waals surface area contributed by atoms with Crippen molar-refractivity contribution in [2.45, 2.75) is 6.42 Å². The highest BCUT2D eigenvalue weighted by Gasteiger charge is 2.35. The quantitative estimate of drug-likeness (QED) is 0.894. The fourth-order valence-electron chi connectivity index (χ4n) is 2.14. The SMILES string of the molecule is O=C(O)C1CC(=O)N(c2ccc3scnc3c2)C1. The molecule has 0 bridgehead atoms. The molecule has 0 spiro atoms. The van der Waals surface area contributed by atoms with Crippen LogP contribution in [0.4, 0.5) is 5.69 Å². The van der Waals surface area contributed by atoms with E-state index in [1.807, 2.05) is 18.2 Å². The molecule has 1 saturated heterocycles. The lowest BCUT2D eigenvalue weighted by Crippen LogP contribution is -2.25. The number of nitrogens with zero attached hydrogens (tertiary/aromatic N) is 2. The van der Waals surface area contributed by atoms with Crippen LogP contribution in [-0.4, -0.2) is 28.5 Å². The summed E-state index contributed by atoms with van der Waals surface area (Å²) in [5.74, 6) is -1.67. The third-order valence-electron chi connectivity index (χ3n) is 3.10. The standard InChI is InChI=1S/C12H10N2O3S/c15-11-3-7(12(16)17)5-14(11)8-1-2-10-9(4-8)13-6-18-10/h1-2,4,6-7H,3,5H2,(H,16,17). The van der Waals surface area contributed by atoms with E-state index in [1.165, 1.54) is 16.2 Å². The van der Waals surface area contributed by atoms with E-state index in [0.29, 0.717) is 0 Å². The highest BCUT2D eigenvalue weighted by Crippen LogP contribution is 2.28. The maximum absolute atomic E-state index is 11.8. The molecule has 2 aromatic rings. The van der Waals surface area contributed by atoms with Gasteiger partial charge in [0.2, 0.25) is 5.91 Å². The van der Waals surface area contributed by atoms with Gasteiger partial charge in [0, 0.05) is 18.7 Å². The molecule has 0 radical (unpaired) electrons. The van der Waals surface area contributed by atoms with Crippen molar-refractivity contribution in [2.24, 2.45) is 5.92 Å². The highest BCUT2D eigenvalue weighted by molar-refractivity contribution is 7.16. The van der Waals surface area contributed by atoms with Crippen molar-refractivity contribution >= 4 is 39.1 Å². The molecule has 1 aliphatic heterocycles. The van der Waals surface area contributed by atoms with E-state index in [9.17, 15) is 9.59 Å². The van der Waals surface area contributed by atoms with Gasteiger partial charge < -0.3 is 10.0 Å². The van der Waals surface area contributed by atoms with Crippen molar-refractivity contribution in [1.29, 1.82) is 0 Å². The van der Waals surface area contributed by atoms with Gasteiger partial charge in [-0.1, -0.05) is 0 Å². The molecule has 18 heavy (non-hydrogen) atoms. The molecule has 5 nitrogen and oxygen atoms in total. The number of hydrogen-bond acceptors (Lipinski definition) is 4. The Morgan fingerprint density at radius 2 is 2.33 bits per heavy atom. The fraction of sp³-hybridized carbons (Fsp3) is 0.250. The van der Waals surface area contributed by atoms with E-state index in [1.54, 1.807) is 5.51 Å². The third-order valence-corrected chi connectivity index (χ3v) is 3.91. The van der Waals surface area contributed by atoms with E-state index in [2.05, 4.69) is 4.98 Å². The third kappa shape index (κ3) is 1.74. The van der Waals surface area contributed by atoms with Crippen LogP contribution in [0.5, 0.6) is 0 Å². The Balaban J connectivity index is 1.94. The van der Waals surface area contributed by atoms with Gasteiger partial charge in [0.25, 0.3) is 0 Å². The Morgan fingerprint density at radius 1 is 1.50 bits per heavy atom. The predicted molar refractivity (Wildman–Crippen MR) is 67.7 cm³/mol. The number of carboxylic acids is 1. The molecular formula is C12H10N2O3S. The summed E-state index contributed by atoms with van der Waals surface area (Å²) in [6, 6.07) is 5.57. The first kappa shape index (κ1) is 11.2. The summed E-state index contributed by atoms with van der Waals surface area (Å²) in [4.78, 5) is 28.4. The van der Waals surface area contributed by atoms with Crippen molar-refractivity contribution in [2.75, 3.05) is 11.4 Å². The zero-order chi connectivity index (χ0) is 12.7. The van der Waals surface area contributed by atoms with Crippen LogP contribution >= 0.6 is 11.3 Å². The van der Waals surface area contributed by atoms with Crippen LogP contribution in [0.2, 0.25) is 0 Å². The van der Waals surface area contributed by atoms with E-state index in [-0.39, 0.29) is 18.9 Å². The van der Waals surface area contributed by atoms with E-state index in [0.717, 1.165) is 15.9 Å². The second-order valence-electron chi connectivity index (χ2n) is 4.25. The number of benzene rings is 1. The summed E-state index contributed by atoms with van der Waals surface area (Å²) in [6.45, 7) is 0.240. The minimum Gasteiger partial charge on any atom is -0.481 e. The molecule has 1 aromatic heterocycles. The highest BCUT2D eigenvalue weighted by atomic mass is 32.1. The fourth-order valence-corrected chi connectivity index (χ4v) is 2.80. The summed E-state index contributed by atoms with van der Waals surface area (Å²) >= 11 is 1.54. The van der Waals surface area contributed by atoms with Crippen LogP contribution in [0, 0.1) is 5.92 Å². The summed E-state index contributed by atoms with van der Waals surface area (Å²) < 4.78 is 1.06. The van der Waals surface area contributed by atoms with Crippen LogP contribution in [0.15, 0.2) is 23.7 Å². The van der Waals surface area contributed by atoms with Crippen molar-refractivity contribution in [3.8, 4) is 0 Å². The maximum atomic E-state index is 11.8. The van der Waals surface area contributed by atoms with Crippen LogP contribution in [-0.2, 0) is 9.59 Å². The average molecular weight is 262 g/mol. The number of aromatic nitrogens is 1. The molecule has 3 rings (SSSR count). The number of carbonyl (C=O) groups is 2. The molecule has 1 amide bonds. The van der Waals surface area contributed by atoms with Crippen LogP contribution in [0.1, 0.15) is 6.42 Å². The smallest absolute Gasteiger partial charge is 0.308 e. The van der Waals surface area contributed by atoms with Gasteiger partial charge in [-0.2, -0.15) is 0 Å². The van der Waals surface area contributed by atoms with Gasteiger partial charge in [0.05, 0.1) is 21.6 Å². The Labute approximate surface area is 107 Å². The van der Waals surface area contributed by atoms with Crippen LogP contribution in [0.25, 0.3) is 10.2 Å². The zero-order valence-electron chi connectivity index (χ0n) is 9.37. The number of thiazole rings is 1. The van der Waals surface area contributed by atoms with Crippen LogP contribution < -0.4 is 4.90 Å². The summed E-state index contributed by atoms with van der Waals surface area (Å²) in [6.07, 6.45) is 0.0738. The molecule has 1 N–H and O–H groups in total. The summed E-state index contributed by atoms with van der Waals surface area (Å²) in [5, 5.41) is 8.94. The number of carboxylic acid groups (broad SMARTS) is 1. The molecule has 1 atom stereocenters. The summed E-state index contributed by atoms with van der Waals surface area (Å²) in [5.41, 5.74) is 3.31. The lowest BCUT2D eigenvalue weighted by Gasteiger charge is -2.15. The number of aliphatic carboxylic acids is 1. The minimum atomic E-state index is -0.916. The van der Waals surface area contributed by atoms with E-state index in [4.69, 9.17) is 5.11 Å². The van der Waals surface area contributed by atoms with Gasteiger partial charge in [0.15, 0.2) is 0 Å². The second-order valence-corrected chi connectivity index (χ2v) is 5.13. The topological polar surface area (TPSA) is 70.5 Å². The van der Waals surface area contributed by atoms with Gasteiger partial charge in [-0.3, -0.25) is 9.59 Å². The molecule has 1 aliphatic rings. The van der Waals surface area contributed by atoms with Crippen molar-refractivity contribution in [1.82, 2.24) is 4.98 Å². The molecular weight excluding hydrogens is 252 g/mol. The van der Waals surface area contributed by atoms with Crippen molar-refractivity contribution in [3.63, 3.8) is 0 Å². The monoisotopic (exact) mass is 262 g/mol. The van der Waals surface area contributed by atoms with Crippen LogP contribution in [0.3, 0.4) is 0 Å². The van der Waals surface area contributed by atoms with Gasteiger partial charge in [-0.25, -0.2) is 4.98 Å². The maximum Gasteiger partial charge on any atom is 0.308 e. The first-order valence-electron chi connectivity index (χ1n) is 5.51. The number of fused-ring (bicyclic) bond motifs is 1. The Bertz CT molecular complexity index is 637. The van der Waals surface area contributed by atoms with Crippen molar-refractivity contribution < 1.29 is 14.7 Å². The number of amides is 1. The molecule has 1 fully saturated rings. The van der Waals surface area contributed by atoms with Gasteiger partial charge >= 0.3 is 5.97 Å². The number of carbonyl (C=O) groups excluding carboxylic acids is 1. The Morgan fingerprint density at radius 3 is 3.06 bits per heavy atom. The first-order valence-corrected chi connectivity index (χ1v) is 6.39. The largest absolute Gasteiger partial charge is 0.481 e. The molecule has 1 unspecified atom stereocenters. The predicted octanol–water partition coefficient (Wildman–Crippen LogP) is 1.73. The van der Waals surface area contributed by atoms with Gasteiger partial charge in [0.1, 0.15) is 0 Å². The Hall–Kier alpha value is -1.95. The number of hydrogen-bond donors (Lipinski definition) is 1. The number of anilines is 1.